The van der Waals surface area contributed by atoms with Gasteiger partial charge in [-0.05, 0) is 30.5 Å². The Labute approximate surface area is 133 Å². The lowest BCUT2D eigenvalue weighted by atomic mass is 9.95. The van der Waals surface area contributed by atoms with Crippen LogP contribution in [-0.2, 0) is 16.0 Å². The smallest absolute Gasteiger partial charge is 0.227 e. The predicted octanol–water partition coefficient (Wildman–Crippen LogP) is 2.10. The van der Waals surface area contributed by atoms with Crippen LogP contribution in [0.1, 0.15) is 18.4 Å². The van der Waals surface area contributed by atoms with E-state index >= 15 is 0 Å². The first-order chi connectivity index (χ1) is 10.5. The number of hydrogen-bond acceptors (Lipinski definition) is 2. The third-order valence-corrected chi connectivity index (χ3v) is 5.03. The van der Waals surface area contributed by atoms with E-state index in [0.29, 0.717) is 18.7 Å². The van der Waals surface area contributed by atoms with E-state index in [1.807, 2.05) is 7.05 Å². The lowest BCUT2D eigenvalue weighted by Crippen LogP contribution is -2.45. The molecule has 3 fully saturated rings. The Morgan fingerprint density at radius 1 is 1.36 bits per heavy atom. The molecular formula is C16H18ClFN2O2. The van der Waals surface area contributed by atoms with Crippen LogP contribution >= 0.6 is 11.6 Å². The van der Waals surface area contributed by atoms with Gasteiger partial charge in [-0.25, -0.2) is 4.39 Å². The maximum atomic E-state index is 13.1. The van der Waals surface area contributed by atoms with Crippen molar-refractivity contribution in [1.82, 2.24) is 9.80 Å². The standard InChI is InChI=1S/C16H18ClFN2O2/c1-19-13-5-3-11(16(19)22)8-20(9-13)15(21)6-10-2-4-12(18)7-14(10)17/h2,4,7,11,13H,3,5-6,8-9H2,1H3/t11-,13+/m1/s1. The van der Waals surface area contributed by atoms with Gasteiger partial charge in [0.1, 0.15) is 5.82 Å². The summed E-state index contributed by atoms with van der Waals surface area (Å²) in [6, 6.07) is 4.16. The molecule has 0 radical (unpaired) electrons. The fourth-order valence-corrected chi connectivity index (χ4v) is 3.53. The quantitative estimate of drug-likeness (QED) is 0.836. The van der Waals surface area contributed by atoms with Gasteiger partial charge < -0.3 is 9.80 Å². The van der Waals surface area contributed by atoms with E-state index in [9.17, 15) is 14.0 Å². The molecule has 1 aromatic rings. The summed E-state index contributed by atoms with van der Waals surface area (Å²) in [5.41, 5.74) is 0.615. The summed E-state index contributed by atoms with van der Waals surface area (Å²) in [4.78, 5) is 28.2. The molecule has 0 aliphatic carbocycles. The number of hydrogen-bond donors (Lipinski definition) is 0. The monoisotopic (exact) mass is 324 g/mol. The fourth-order valence-electron chi connectivity index (χ4n) is 3.30. The highest BCUT2D eigenvalue weighted by Gasteiger charge is 2.40. The van der Waals surface area contributed by atoms with Crippen LogP contribution in [0.15, 0.2) is 18.2 Å². The largest absolute Gasteiger partial charge is 0.341 e. The minimum absolute atomic E-state index is 0.0616. The van der Waals surface area contributed by atoms with Crippen LogP contribution in [0.3, 0.4) is 0 Å². The molecule has 3 aliphatic rings. The van der Waals surface area contributed by atoms with Crippen molar-refractivity contribution < 1.29 is 14.0 Å². The molecule has 3 heterocycles. The number of likely N-dealkylation sites (N-methyl/N-ethyl adjacent to an activating group) is 1. The topological polar surface area (TPSA) is 40.6 Å². The summed E-state index contributed by atoms with van der Waals surface area (Å²) in [5.74, 6) is -0.447. The van der Waals surface area contributed by atoms with Gasteiger partial charge in [0.05, 0.1) is 12.3 Å². The summed E-state index contributed by atoms with van der Waals surface area (Å²) in [6.07, 6.45) is 1.92. The first-order valence-electron chi connectivity index (χ1n) is 7.44. The third-order valence-electron chi connectivity index (χ3n) is 4.67. The van der Waals surface area contributed by atoms with Crippen molar-refractivity contribution in [3.8, 4) is 0 Å². The average Bonchev–Trinajstić information content (AvgIpc) is 2.76. The zero-order valence-corrected chi connectivity index (χ0v) is 13.1. The Balaban J connectivity index is 1.74. The molecule has 2 bridgehead atoms. The number of rotatable bonds is 2. The minimum atomic E-state index is -0.416. The van der Waals surface area contributed by atoms with Crippen LogP contribution in [0.5, 0.6) is 0 Å². The molecule has 2 atom stereocenters. The van der Waals surface area contributed by atoms with Crippen molar-refractivity contribution in [1.29, 1.82) is 0 Å². The molecule has 4 nitrogen and oxygen atoms in total. The van der Waals surface area contributed by atoms with Gasteiger partial charge in [0, 0.05) is 31.2 Å². The Hall–Kier alpha value is -1.62. The number of nitrogens with zero attached hydrogens (tertiary/aromatic N) is 2. The normalized spacial score (nSPS) is 24.6. The molecule has 0 aromatic heterocycles. The van der Waals surface area contributed by atoms with Crippen molar-refractivity contribution in [3.05, 3.63) is 34.6 Å². The Morgan fingerprint density at radius 3 is 2.86 bits per heavy atom. The van der Waals surface area contributed by atoms with Gasteiger partial charge in [-0.2, -0.15) is 0 Å². The number of carbonyl (C=O) groups excluding carboxylic acids is 2. The molecule has 6 heteroatoms. The summed E-state index contributed by atoms with van der Waals surface area (Å²) < 4.78 is 13.1. The van der Waals surface area contributed by atoms with Gasteiger partial charge in [-0.3, -0.25) is 9.59 Å². The molecule has 3 saturated heterocycles. The van der Waals surface area contributed by atoms with Gasteiger partial charge in [-0.15, -0.1) is 0 Å². The number of carbonyl (C=O) groups is 2. The molecule has 3 aliphatic heterocycles. The highest BCUT2D eigenvalue weighted by Crippen LogP contribution is 2.28. The van der Waals surface area contributed by atoms with Gasteiger partial charge >= 0.3 is 0 Å². The van der Waals surface area contributed by atoms with Crippen molar-refractivity contribution >= 4 is 23.4 Å². The Bertz CT molecular complexity index is 622. The van der Waals surface area contributed by atoms with Crippen molar-refractivity contribution in [2.45, 2.75) is 25.3 Å². The number of fused-ring (bicyclic) bond motifs is 4. The van der Waals surface area contributed by atoms with Crippen LogP contribution in [0.4, 0.5) is 4.39 Å². The van der Waals surface area contributed by atoms with Gasteiger partial charge in [-0.1, -0.05) is 17.7 Å². The van der Waals surface area contributed by atoms with E-state index in [1.165, 1.54) is 12.1 Å². The number of halogens is 2. The zero-order valence-electron chi connectivity index (χ0n) is 12.4. The molecule has 4 rings (SSSR count). The molecule has 2 amide bonds. The van der Waals surface area contributed by atoms with Gasteiger partial charge in [0.25, 0.3) is 0 Å². The third kappa shape index (κ3) is 2.82. The molecular weight excluding hydrogens is 307 g/mol. The zero-order chi connectivity index (χ0) is 15.9. The predicted molar refractivity (Wildman–Crippen MR) is 81.0 cm³/mol. The second kappa shape index (κ2) is 5.88. The average molecular weight is 325 g/mol. The molecule has 0 spiro atoms. The molecule has 0 N–H and O–H groups in total. The van der Waals surface area contributed by atoms with Crippen LogP contribution in [-0.4, -0.2) is 47.8 Å². The van der Waals surface area contributed by atoms with Crippen molar-refractivity contribution in [2.75, 3.05) is 20.1 Å². The summed E-state index contributed by atoms with van der Waals surface area (Å²) >= 11 is 5.99. The van der Waals surface area contributed by atoms with Gasteiger partial charge in [0.15, 0.2) is 0 Å². The first-order valence-corrected chi connectivity index (χ1v) is 7.82. The number of amides is 2. The molecule has 118 valence electrons. The summed E-state index contributed by atoms with van der Waals surface area (Å²) in [6.45, 7) is 1.04. The van der Waals surface area contributed by atoms with Crippen molar-refractivity contribution in [2.24, 2.45) is 5.92 Å². The number of benzene rings is 1. The second-order valence-electron chi connectivity index (χ2n) is 6.09. The van der Waals surface area contributed by atoms with E-state index in [0.717, 1.165) is 12.8 Å². The maximum Gasteiger partial charge on any atom is 0.227 e. The van der Waals surface area contributed by atoms with Crippen LogP contribution in [0.25, 0.3) is 0 Å². The lowest BCUT2D eigenvalue weighted by molar-refractivity contribution is -0.138. The van der Waals surface area contributed by atoms with E-state index in [-0.39, 0.29) is 35.2 Å². The van der Waals surface area contributed by atoms with E-state index in [2.05, 4.69) is 0 Å². The summed E-state index contributed by atoms with van der Waals surface area (Å²) in [5, 5.41) is 0.263. The Morgan fingerprint density at radius 2 is 2.14 bits per heavy atom. The first kappa shape index (κ1) is 15.3. The van der Waals surface area contributed by atoms with Gasteiger partial charge in [0.2, 0.25) is 11.8 Å². The summed E-state index contributed by atoms with van der Waals surface area (Å²) in [7, 11) is 1.81. The van der Waals surface area contributed by atoms with E-state index in [1.54, 1.807) is 15.9 Å². The second-order valence-corrected chi connectivity index (χ2v) is 6.50. The molecule has 22 heavy (non-hydrogen) atoms. The van der Waals surface area contributed by atoms with Crippen LogP contribution in [0.2, 0.25) is 5.02 Å². The van der Waals surface area contributed by atoms with Crippen molar-refractivity contribution in [3.63, 3.8) is 0 Å². The highest BCUT2D eigenvalue weighted by atomic mass is 35.5. The van der Waals surface area contributed by atoms with Crippen LogP contribution < -0.4 is 0 Å². The SMILES string of the molecule is CN1C(=O)[C@@H]2CC[C@H]1CN(C(=O)Cc1ccc(F)cc1Cl)C2. The maximum absolute atomic E-state index is 13.1. The highest BCUT2D eigenvalue weighted by molar-refractivity contribution is 6.31. The number of piperidine rings is 1. The Kier molecular flexibility index (Phi) is 4.08. The fraction of sp³-hybridized carbons (Fsp3) is 0.500. The van der Waals surface area contributed by atoms with E-state index < -0.39 is 5.82 Å². The molecule has 0 saturated carbocycles. The molecule has 1 aromatic carbocycles. The lowest BCUT2D eigenvalue weighted by Gasteiger charge is -2.32. The van der Waals surface area contributed by atoms with E-state index in [4.69, 9.17) is 11.6 Å². The molecule has 0 unspecified atom stereocenters. The van der Waals surface area contributed by atoms with Crippen LogP contribution in [0, 0.1) is 11.7 Å². The minimum Gasteiger partial charge on any atom is -0.341 e.